The maximum Gasteiger partial charge on any atom is 0.226 e. The van der Waals surface area contributed by atoms with Crippen LogP contribution in [-0.2, 0) is 9.53 Å². The number of ether oxygens (including phenoxy) is 1. The molecule has 1 saturated heterocycles. The molecule has 22 heavy (non-hydrogen) atoms. The molecule has 3 heterocycles. The van der Waals surface area contributed by atoms with Gasteiger partial charge in [0.25, 0.3) is 0 Å². The molecule has 8 heteroatoms. The van der Waals surface area contributed by atoms with Gasteiger partial charge in [-0.2, -0.15) is 5.10 Å². The first kappa shape index (κ1) is 14.5. The van der Waals surface area contributed by atoms with Crippen LogP contribution < -0.4 is 10.2 Å². The predicted octanol–water partition coefficient (Wildman–Crippen LogP) is -0.139. The Balaban J connectivity index is 1.57. The monoisotopic (exact) mass is 302 g/mol. The number of aromatic nitrogens is 4. The second kappa shape index (κ2) is 6.52. The summed E-state index contributed by atoms with van der Waals surface area (Å²) in [5.74, 6) is 1.58. The summed E-state index contributed by atoms with van der Waals surface area (Å²) >= 11 is 0. The van der Waals surface area contributed by atoms with Crippen LogP contribution in [0.2, 0.25) is 0 Å². The van der Waals surface area contributed by atoms with Gasteiger partial charge in [-0.25, -0.2) is 14.6 Å². The molecule has 0 aromatic carbocycles. The number of hydrogen-bond acceptors (Lipinski definition) is 6. The maximum atomic E-state index is 11.9. The van der Waals surface area contributed by atoms with Crippen LogP contribution in [0.1, 0.15) is 0 Å². The number of hydrogen-bond donors (Lipinski definition) is 1. The Bertz CT molecular complexity index is 624. The molecule has 0 saturated carbocycles. The summed E-state index contributed by atoms with van der Waals surface area (Å²) < 4.78 is 6.59. The first-order valence-corrected chi connectivity index (χ1v) is 7.11. The van der Waals surface area contributed by atoms with Crippen LogP contribution in [0.4, 0.5) is 5.82 Å². The lowest BCUT2D eigenvalue weighted by atomic mass is 9.99. The van der Waals surface area contributed by atoms with E-state index < -0.39 is 0 Å². The molecule has 1 N–H and O–H groups in total. The first-order valence-electron chi connectivity index (χ1n) is 7.11. The zero-order valence-electron chi connectivity index (χ0n) is 12.3. The van der Waals surface area contributed by atoms with Crippen LogP contribution >= 0.6 is 0 Å². The van der Waals surface area contributed by atoms with Crippen molar-refractivity contribution in [3.8, 4) is 5.82 Å². The molecule has 0 atom stereocenters. The minimum Gasteiger partial charge on any atom is -0.383 e. The third-order valence-corrected chi connectivity index (χ3v) is 3.56. The van der Waals surface area contributed by atoms with E-state index in [9.17, 15) is 4.79 Å². The van der Waals surface area contributed by atoms with Crippen LogP contribution in [0.5, 0.6) is 0 Å². The number of nitrogens with zero attached hydrogens (tertiary/aromatic N) is 5. The van der Waals surface area contributed by atoms with Crippen LogP contribution in [0.25, 0.3) is 5.82 Å². The highest BCUT2D eigenvalue weighted by atomic mass is 16.5. The second-order valence-electron chi connectivity index (χ2n) is 5.07. The Hall–Kier alpha value is -2.48. The van der Waals surface area contributed by atoms with Crippen molar-refractivity contribution in [2.24, 2.45) is 5.92 Å². The number of carbonyl (C=O) groups is 1. The van der Waals surface area contributed by atoms with Crippen molar-refractivity contribution in [3.63, 3.8) is 0 Å². The quantitative estimate of drug-likeness (QED) is 0.748. The molecule has 0 aliphatic carbocycles. The van der Waals surface area contributed by atoms with Gasteiger partial charge in [-0.05, 0) is 6.07 Å². The van der Waals surface area contributed by atoms with E-state index in [4.69, 9.17) is 4.74 Å². The topological polar surface area (TPSA) is 85.2 Å². The Morgan fingerprint density at radius 1 is 1.41 bits per heavy atom. The largest absolute Gasteiger partial charge is 0.383 e. The Kier molecular flexibility index (Phi) is 4.29. The molecular weight excluding hydrogens is 284 g/mol. The molecule has 2 aromatic heterocycles. The average Bonchev–Trinajstić information content (AvgIpc) is 3.00. The molecule has 1 aliphatic heterocycles. The van der Waals surface area contributed by atoms with E-state index in [0.29, 0.717) is 32.1 Å². The second-order valence-corrected chi connectivity index (χ2v) is 5.07. The Morgan fingerprint density at radius 2 is 2.23 bits per heavy atom. The third-order valence-electron chi connectivity index (χ3n) is 3.56. The highest BCUT2D eigenvalue weighted by Crippen LogP contribution is 2.23. The van der Waals surface area contributed by atoms with Gasteiger partial charge in [-0.3, -0.25) is 4.79 Å². The van der Waals surface area contributed by atoms with Gasteiger partial charge in [0.2, 0.25) is 5.91 Å². The standard InChI is InChI=1S/C14H18N6O2/c1-22-6-4-15-14(21)11-8-19(9-11)12-7-13(17-10-16-12)20-5-2-3-18-20/h2-3,5,7,10-11H,4,6,8-9H2,1H3,(H,15,21). The number of amides is 1. The van der Waals surface area contributed by atoms with Gasteiger partial charge in [0.15, 0.2) is 5.82 Å². The predicted molar refractivity (Wildman–Crippen MR) is 79.7 cm³/mol. The molecule has 1 amide bonds. The normalized spacial score (nSPS) is 14.7. The number of nitrogens with one attached hydrogen (secondary N) is 1. The third kappa shape index (κ3) is 3.06. The molecule has 0 bridgehead atoms. The van der Waals surface area contributed by atoms with E-state index in [0.717, 1.165) is 5.82 Å². The maximum absolute atomic E-state index is 11.9. The zero-order chi connectivity index (χ0) is 15.4. The van der Waals surface area contributed by atoms with Gasteiger partial charge in [0.1, 0.15) is 12.1 Å². The average molecular weight is 302 g/mol. The van der Waals surface area contributed by atoms with Crippen LogP contribution in [-0.4, -0.2) is 59.0 Å². The first-order chi connectivity index (χ1) is 10.8. The highest BCUT2D eigenvalue weighted by Gasteiger charge is 2.33. The van der Waals surface area contributed by atoms with Crippen molar-refractivity contribution in [2.75, 3.05) is 38.3 Å². The summed E-state index contributed by atoms with van der Waals surface area (Å²) in [6, 6.07) is 3.71. The van der Waals surface area contributed by atoms with E-state index in [2.05, 4.69) is 25.3 Å². The zero-order valence-corrected chi connectivity index (χ0v) is 12.3. The Labute approximate surface area is 128 Å². The Morgan fingerprint density at radius 3 is 2.95 bits per heavy atom. The molecule has 116 valence electrons. The van der Waals surface area contributed by atoms with E-state index in [1.165, 1.54) is 6.33 Å². The van der Waals surface area contributed by atoms with Gasteiger partial charge in [0, 0.05) is 45.2 Å². The molecule has 0 spiro atoms. The summed E-state index contributed by atoms with van der Waals surface area (Å²) in [7, 11) is 1.61. The van der Waals surface area contributed by atoms with Crippen LogP contribution in [0.15, 0.2) is 30.9 Å². The van der Waals surface area contributed by atoms with E-state index in [-0.39, 0.29) is 11.8 Å². The van der Waals surface area contributed by atoms with Gasteiger partial charge in [-0.1, -0.05) is 0 Å². The number of methoxy groups -OCH3 is 1. The van der Waals surface area contributed by atoms with E-state index in [1.54, 1.807) is 18.0 Å². The lowest BCUT2D eigenvalue weighted by Gasteiger charge is -2.39. The van der Waals surface area contributed by atoms with Crippen molar-refractivity contribution in [1.29, 1.82) is 0 Å². The molecule has 3 rings (SSSR count). The fraction of sp³-hybridized carbons (Fsp3) is 0.429. The minimum absolute atomic E-state index is 0.0000234. The van der Waals surface area contributed by atoms with Gasteiger partial charge < -0.3 is 15.0 Å². The van der Waals surface area contributed by atoms with Crippen molar-refractivity contribution >= 4 is 11.7 Å². The molecule has 0 unspecified atom stereocenters. The summed E-state index contributed by atoms with van der Waals surface area (Å²) in [5.41, 5.74) is 0. The molecular formula is C14H18N6O2. The summed E-state index contributed by atoms with van der Waals surface area (Å²) in [5, 5.41) is 7.00. The van der Waals surface area contributed by atoms with Crippen LogP contribution in [0.3, 0.4) is 0 Å². The van der Waals surface area contributed by atoms with Gasteiger partial charge in [-0.15, -0.1) is 0 Å². The molecule has 1 aliphatic rings. The highest BCUT2D eigenvalue weighted by molar-refractivity contribution is 5.81. The molecule has 1 fully saturated rings. The summed E-state index contributed by atoms with van der Waals surface area (Å²) in [6.45, 7) is 2.40. The summed E-state index contributed by atoms with van der Waals surface area (Å²) in [6.07, 6.45) is 5.04. The lowest BCUT2D eigenvalue weighted by molar-refractivity contribution is -0.125. The number of anilines is 1. The van der Waals surface area contributed by atoms with Crippen molar-refractivity contribution < 1.29 is 9.53 Å². The minimum atomic E-state index is -0.0000234. The van der Waals surface area contributed by atoms with Gasteiger partial charge >= 0.3 is 0 Å². The molecule has 8 nitrogen and oxygen atoms in total. The number of rotatable bonds is 6. The van der Waals surface area contributed by atoms with E-state index >= 15 is 0 Å². The van der Waals surface area contributed by atoms with Crippen molar-refractivity contribution in [3.05, 3.63) is 30.9 Å². The smallest absolute Gasteiger partial charge is 0.226 e. The molecule has 2 aromatic rings. The lowest BCUT2D eigenvalue weighted by Crippen LogP contribution is -2.54. The van der Waals surface area contributed by atoms with Gasteiger partial charge in [0.05, 0.1) is 12.5 Å². The fourth-order valence-electron chi connectivity index (χ4n) is 2.29. The number of carbonyl (C=O) groups excluding carboxylic acids is 1. The molecule has 0 radical (unpaired) electrons. The van der Waals surface area contributed by atoms with Crippen molar-refractivity contribution in [1.82, 2.24) is 25.1 Å². The summed E-state index contributed by atoms with van der Waals surface area (Å²) in [4.78, 5) is 22.4. The van der Waals surface area contributed by atoms with E-state index in [1.807, 2.05) is 18.3 Å². The fourth-order valence-corrected chi connectivity index (χ4v) is 2.29. The van der Waals surface area contributed by atoms with Crippen molar-refractivity contribution in [2.45, 2.75) is 0 Å². The SMILES string of the molecule is COCCNC(=O)C1CN(c2cc(-n3cccn3)ncn2)C1. The van der Waals surface area contributed by atoms with Crippen LogP contribution in [0, 0.1) is 5.92 Å².